The fourth-order valence-corrected chi connectivity index (χ4v) is 5.00. The van der Waals surface area contributed by atoms with Crippen LogP contribution in [0.25, 0.3) is 10.1 Å². The Kier molecular flexibility index (Phi) is 6.78. The number of nitrogens with zero attached hydrogens (tertiary/aromatic N) is 2. The number of ether oxygens (including phenoxy) is 1. The predicted octanol–water partition coefficient (Wildman–Crippen LogP) is 3.72. The maximum absolute atomic E-state index is 14.4. The van der Waals surface area contributed by atoms with Crippen molar-refractivity contribution in [2.24, 2.45) is 0 Å². The molecule has 0 aliphatic carbocycles. The van der Waals surface area contributed by atoms with Gasteiger partial charge in [0.1, 0.15) is 11.6 Å². The van der Waals surface area contributed by atoms with Crippen molar-refractivity contribution in [2.45, 2.75) is 6.61 Å². The highest BCUT2D eigenvalue weighted by atomic mass is 32.1. The normalized spacial score (nSPS) is 14.7. The Balaban J connectivity index is 1.38. The van der Waals surface area contributed by atoms with Crippen molar-refractivity contribution in [1.29, 1.82) is 0 Å². The molecule has 1 aliphatic rings. The van der Waals surface area contributed by atoms with Crippen LogP contribution in [0, 0.1) is 11.6 Å². The van der Waals surface area contributed by atoms with Gasteiger partial charge in [0.15, 0.2) is 0 Å². The zero-order valence-corrected chi connectivity index (χ0v) is 18.4. The molecule has 0 radical (unpaired) electrons. The first-order valence-corrected chi connectivity index (χ1v) is 11.0. The zero-order chi connectivity index (χ0) is 22.7. The largest absolute Gasteiger partial charge is 0.380 e. The summed E-state index contributed by atoms with van der Waals surface area (Å²) in [6, 6.07) is 10.4. The summed E-state index contributed by atoms with van der Waals surface area (Å²) in [4.78, 5) is 29.7. The quantitative estimate of drug-likeness (QED) is 0.610. The number of fused-ring (bicyclic) bond motifs is 1. The second-order valence-electron chi connectivity index (χ2n) is 7.58. The van der Waals surface area contributed by atoms with Crippen molar-refractivity contribution >= 4 is 38.9 Å². The number of piperazine rings is 1. The summed E-state index contributed by atoms with van der Waals surface area (Å²) < 4.78 is 33.4. The average molecular weight is 460 g/mol. The second-order valence-corrected chi connectivity index (χ2v) is 8.63. The van der Waals surface area contributed by atoms with Crippen molar-refractivity contribution in [3.63, 3.8) is 0 Å². The minimum absolute atomic E-state index is 0.145. The Hall–Kier alpha value is -2.88. The molecule has 2 aromatic carbocycles. The summed E-state index contributed by atoms with van der Waals surface area (Å²) in [5, 5.41) is 3.19. The molecule has 1 fully saturated rings. The Morgan fingerprint density at radius 3 is 2.47 bits per heavy atom. The van der Waals surface area contributed by atoms with Gasteiger partial charge >= 0.3 is 0 Å². The number of rotatable bonds is 6. The molecule has 0 atom stereocenters. The van der Waals surface area contributed by atoms with Crippen LogP contribution in [-0.4, -0.2) is 61.4 Å². The number of nitrogens with one attached hydrogen (secondary N) is 1. The third kappa shape index (κ3) is 4.79. The molecule has 2 amide bonds. The predicted molar refractivity (Wildman–Crippen MR) is 120 cm³/mol. The van der Waals surface area contributed by atoms with Crippen LogP contribution >= 0.6 is 11.3 Å². The summed E-state index contributed by atoms with van der Waals surface area (Å²) in [7, 11) is 1.52. The molecule has 1 saturated heterocycles. The third-order valence-electron chi connectivity index (χ3n) is 5.40. The summed E-state index contributed by atoms with van der Waals surface area (Å²) in [6.45, 7) is 2.36. The summed E-state index contributed by atoms with van der Waals surface area (Å²) in [6.07, 6.45) is 0. The van der Waals surface area contributed by atoms with E-state index in [2.05, 4.69) is 5.32 Å². The van der Waals surface area contributed by atoms with Crippen molar-refractivity contribution in [2.75, 3.05) is 45.2 Å². The van der Waals surface area contributed by atoms with Crippen LogP contribution in [0.4, 0.5) is 14.5 Å². The summed E-state index contributed by atoms with van der Waals surface area (Å²) in [5.74, 6) is -1.06. The fraction of sp³-hybridized carbons (Fsp3) is 0.304. The number of halogens is 2. The van der Waals surface area contributed by atoms with E-state index < -0.39 is 0 Å². The Bertz CT molecular complexity index is 1130. The van der Waals surface area contributed by atoms with Gasteiger partial charge in [-0.1, -0.05) is 6.07 Å². The molecule has 168 valence electrons. The minimum atomic E-state index is -0.362. The van der Waals surface area contributed by atoms with E-state index >= 15 is 0 Å². The lowest BCUT2D eigenvalue weighted by atomic mass is 10.1. The van der Waals surface area contributed by atoms with Crippen LogP contribution in [0.15, 0.2) is 42.5 Å². The van der Waals surface area contributed by atoms with E-state index in [4.69, 9.17) is 4.74 Å². The van der Waals surface area contributed by atoms with Crippen molar-refractivity contribution < 1.29 is 23.1 Å². The number of methoxy groups -OCH3 is 1. The van der Waals surface area contributed by atoms with E-state index in [-0.39, 0.29) is 36.6 Å². The number of hydrogen-bond donors (Lipinski definition) is 1. The zero-order valence-electron chi connectivity index (χ0n) is 17.6. The lowest BCUT2D eigenvalue weighted by Gasteiger charge is -2.34. The van der Waals surface area contributed by atoms with E-state index in [0.29, 0.717) is 47.7 Å². The summed E-state index contributed by atoms with van der Waals surface area (Å²) in [5.41, 5.74) is 1.12. The maximum Gasteiger partial charge on any atom is 0.264 e. The first-order valence-electron chi connectivity index (χ1n) is 10.2. The SMILES string of the molecule is COCc1c(C(=O)N2CCN(CC(=O)Nc3ccc(F)cc3)CC2)sc2cccc(F)c12. The van der Waals surface area contributed by atoms with Crippen LogP contribution < -0.4 is 5.32 Å². The first kappa shape index (κ1) is 22.3. The lowest BCUT2D eigenvalue weighted by Crippen LogP contribution is -2.50. The molecule has 9 heteroatoms. The number of carbonyl (C=O) groups excluding carboxylic acids is 2. The number of thiophene rings is 1. The van der Waals surface area contributed by atoms with E-state index in [1.54, 1.807) is 17.0 Å². The Morgan fingerprint density at radius 2 is 1.78 bits per heavy atom. The van der Waals surface area contributed by atoms with Crippen LogP contribution in [0.5, 0.6) is 0 Å². The van der Waals surface area contributed by atoms with Crippen LogP contribution in [0.1, 0.15) is 15.2 Å². The van der Waals surface area contributed by atoms with Crippen molar-refractivity contribution in [3.05, 3.63) is 64.5 Å². The number of carbonyl (C=O) groups is 2. The molecule has 6 nitrogen and oxygen atoms in total. The van der Waals surface area contributed by atoms with Crippen LogP contribution in [0.3, 0.4) is 0 Å². The minimum Gasteiger partial charge on any atom is -0.380 e. The van der Waals surface area contributed by atoms with Crippen LogP contribution in [0.2, 0.25) is 0 Å². The number of amides is 2. The van der Waals surface area contributed by atoms with Gasteiger partial charge in [0.05, 0.1) is 18.0 Å². The average Bonchev–Trinajstić information content (AvgIpc) is 3.15. The standard InChI is InChI=1S/C23H23F2N3O3S/c1-31-14-17-21-18(25)3-2-4-19(21)32-22(17)23(30)28-11-9-27(10-12-28)13-20(29)26-16-7-5-15(24)6-8-16/h2-8H,9-14H2,1H3,(H,26,29). The smallest absolute Gasteiger partial charge is 0.264 e. The molecule has 0 saturated carbocycles. The molecule has 3 aromatic rings. The van der Waals surface area contributed by atoms with Gasteiger partial charge in [0, 0.05) is 54.6 Å². The topological polar surface area (TPSA) is 61.9 Å². The van der Waals surface area contributed by atoms with E-state index in [1.165, 1.54) is 48.8 Å². The van der Waals surface area contributed by atoms with Gasteiger partial charge < -0.3 is 15.0 Å². The van der Waals surface area contributed by atoms with Gasteiger partial charge in [0.2, 0.25) is 5.91 Å². The molecule has 0 bridgehead atoms. The number of hydrogen-bond acceptors (Lipinski definition) is 5. The highest BCUT2D eigenvalue weighted by Crippen LogP contribution is 2.34. The number of anilines is 1. The van der Waals surface area contributed by atoms with Gasteiger partial charge in [-0.15, -0.1) is 11.3 Å². The van der Waals surface area contributed by atoms with E-state index in [0.717, 1.165) is 4.70 Å². The second kappa shape index (κ2) is 9.72. The molecule has 2 heterocycles. The third-order valence-corrected chi connectivity index (χ3v) is 6.59. The highest BCUT2D eigenvalue weighted by Gasteiger charge is 2.28. The molecular weight excluding hydrogens is 436 g/mol. The lowest BCUT2D eigenvalue weighted by molar-refractivity contribution is -0.117. The van der Waals surface area contributed by atoms with Gasteiger partial charge in [-0.3, -0.25) is 14.5 Å². The Labute approximate surface area is 188 Å². The van der Waals surface area contributed by atoms with Crippen LogP contribution in [-0.2, 0) is 16.1 Å². The van der Waals surface area contributed by atoms with E-state index in [9.17, 15) is 18.4 Å². The van der Waals surface area contributed by atoms with Gasteiger partial charge in [-0.05, 0) is 36.4 Å². The van der Waals surface area contributed by atoms with Gasteiger partial charge in [0.25, 0.3) is 5.91 Å². The molecule has 0 unspecified atom stereocenters. The molecule has 32 heavy (non-hydrogen) atoms. The van der Waals surface area contributed by atoms with Crippen molar-refractivity contribution in [1.82, 2.24) is 9.80 Å². The van der Waals surface area contributed by atoms with Gasteiger partial charge in [-0.25, -0.2) is 8.78 Å². The molecule has 4 rings (SSSR count). The molecule has 1 aromatic heterocycles. The molecule has 1 aliphatic heterocycles. The molecule has 1 N–H and O–H groups in total. The van der Waals surface area contributed by atoms with E-state index in [1.807, 2.05) is 4.90 Å². The number of benzene rings is 2. The Morgan fingerprint density at radius 1 is 1.06 bits per heavy atom. The molecular formula is C23H23F2N3O3S. The maximum atomic E-state index is 14.4. The van der Waals surface area contributed by atoms with Crippen molar-refractivity contribution in [3.8, 4) is 0 Å². The van der Waals surface area contributed by atoms with Gasteiger partial charge in [-0.2, -0.15) is 0 Å². The summed E-state index contributed by atoms with van der Waals surface area (Å²) >= 11 is 1.28. The molecule has 0 spiro atoms. The first-order chi connectivity index (χ1) is 15.5. The highest BCUT2D eigenvalue weighted by molar-refractivity contribution is 7.21. The monoisotopic (exact) mass is 459 g/mol. The fourth-order valence-electron chi connectivity index (χ4n) is 3.81.